The zero-order chi connectivity index (χ0) is 13.9. The first-order valence-electron chi connectivity index (χ1n) is 7.77. The minimum atomic E-state index is 0.242. The van der Waals surface area contributed by atoms with Crippen LogP contribution >= 0.6 is 0 Å². The summed E-state index contributed by atoms with van der Waals surface area (Å²) in [6.07, 6.45) is 7.53. The van der Waals surface area contributed by atoms with Crippen LogP contribution in [0.5, 0.6) is 0 Å². The average Bonchev–Trinajstić information content (AvgIpc) is 2.90. The molecule has 108 valence electrons. The van der Waals surface area contributed by atoms with E-state index in [0.717, 1.165) is 29.9 Å². The predicted molar refractivity (Wildman–Crippen MR) is 80.5 cm³/mol. The fourth-order valence-corrected chi connectivity index (χ4v) is 3.12. The van der Waals surface area contributed by atoms with Crippen molar-refractivity contribution >= 4 is 5.65 Å². The van der Waals surface area contributed by atoms with E-state index in [0.29, 0.717) is 0 Å². The summed E-state index contributed by atoms with van der Waals surface area (Å²) in [5.74, 6) is 2.75. The van der Waals surface area contributed by atoms with Crippen LogP contribution in [0, 0.1) is 11.8 Å². The van der Waals surface area contributed by atoms with Crippen molar-refractivity contribution in [3.05, 3.63) is 30.2 Å². The van der Waals surface area contributed by atoms with E-state index < -0.39 is 0 Å². The monoisotopic (exact) mass is 272 g/mol. The first kappa shape index (κ1) is 13.6. The Morgan fingerprint density at radius 1 is 1.25 bits per heavy atom. The van der Waals surface area contributed by atoms with Crippen LogP contribution in [0.15, 0.2) is 24.4 Å². The summed E-state index contributed by atoms with van der Waals surface area (Å²) in [6.45, 7) is 5.64. The highest BCUT2D eigenvalue weighted by molar-refractivity contribution is 5.37. The number of pyridine rings is 1. The molecule has 1 aliphatic rings. The Labute approximate surface area is 120 Å². The van der Waals surface area contributed by atoms with Gasteiger partial charge >= 0.3 is 0 Å². The lowest BCUT2D eigenvalue weighted by Crippen LogP contribution is -2.29. The van der Waals surface area contributed by atoms with Crippen LogP contribution in [0.4, 0.5) is 0 Å². The first-order chi connectivity index (χ1) is 9.74. The largest absolute Gasteiger partial charge is 0.307 e. The molecule has 0 aromatic carbocycles. The Morgan fingerprint density at radius 2 is 2.05 bits per heavy atom. The molecule has 4 heteroatoms. The van der Waals surface area contributed by atoms with Crippen LogP contribution in [0.25, 0.3) is 5.65 Å². The fourth-order valence-electron chi connectivity index (χ4n) is 3.12. The van der Waals surface area contributed by atoms with Gasteiger partial charge in [-0.15, -0.1) is 10.2 Å². The number of nitrogens with zero attached hydrogens (tertiary/aromatic N) is 3. The summed E-state index contributed by atoms with van der Waals surface area (Å²) in [5.41, 5.74) is 0.919. The van der Waals surface area contributed by atoms with E-state index in [1.807, 2.05) is 24.4 Å². The number of hydrogen-bond donors (Lipinski definition) is 1. The van der Waals surface area contributed by atoms with Crippen molar-refractivity contribution in [1.29, 1.82) is 0 Å². The van der Waals surface area contributed by atoms with Gasteiger partial charge in [0.2, 0.25) is 0 Å². The van der Waals surface area contributed by atoms with Crippen LogP contribution in [0.1, 0.15) is 51.4 Å². The zero-order valence-corrected chi connectivity index (χ0v) is 12.4. The highest BCUT2D eigenvalue weighted by Gasteiger charge is 2.20. The van der Waals surface area contributed by atoms with Gasteiger partial charge in [-0.3, -0.25) is 4.40 Å². The van der Waals surface area contributed by atoms with Crippen LogP contribution < -0.4 is 5.32 Å². The van der Waals surface area contributed by atoms with Crippen LogP contribution in [0.2, 0.25) is 0 Å². The van der Waals surface area contributed by atoms with E-state index in [4.69, 9.17) is 0 Å². The molecule has 20 heavy (non-hydrogen) atoms. The van der Waals surface area contributed by atoms with E-state index in [9.17, 15) is 0 Å². The van der Waals surface area contributed by atoms with Gasteiger partial charge in [0.25, 0.3) is 0 Å². The van der Waals surface area contributed by atoms with Crippen molar-refractivity contribution in [1.82, 2.24) is 19.9 Å². The summed E-state index contributed by atoms with van der Waals surface area (Å²) in [5, 5.41) is 12.2. The van der Waals surface area contributed by atoms with E-state index in [-0.39, 0.29) is 6.04 Å². The SMILES string of the molecule is CC1CCC(CNC(C)c2nnc3ccccn23)CC1. The number of aromatic nitrogens is 3. The average molecular weight is 272 g/mol. The van der Waals surface area contributed by atoms with Crippen molar-refractivity contribution in [3.8, 4) is 0 Å². The molecule has 0 saturated heterocycles. The molecule has 1 saturated carbocycles. The molecule has 1 N–H and O–H groups in total. The minimum Gasteiger partial charge on any atom is -0.307 e. The fraction of sp³-hybridized carbons (Fsp3) is 0.625. The smallest absolute Gasteiger partial charge is 0.160 e. The number of hydrogen-bond acceptors (Lipinski definition) is 3. The third-order valence-corrected chi connectivity index (χ3v) is 4.58. The van der Waals surface area contributed by atoms with Crippen LogP contribution in [-0.4, -0.2) is 21.1 Å². The van der Waals surface area contributed by atoms with Gasteiger partial charge in [-0.05, 0) is 50.3 Å². The third kappa shape index (κ3) is 2.85. The summed E-state index contributed by atoms with van der Waals surface area (Å²) < 4.78 is 2.07. The molecule has 0 spiro atoms. The molecule has 1 unspecified atom stereocenters. The molecule has 2 aromatic heterocycles. The quantitative estimate of drug-likeness (QED) is 0.929. The first-order valence-corrected chi connectivity index (χ1v) is 7.77. The van der Waals surface area contributed by atoms with Crippen LogP contribution in [-0.2, 0) is 0 Å². The summed E-state index contributed by atoms with van der Waals surface area (Å²) in [4.78, 5) is 0. The second-order valence-corrected chi connectivity index (χ2v) is 6.24. The van der Waals surface area contributed by atoms with Gasteiger partial charge in [-0.1, -0.05) is 25.8 Å². The molecule has 2 heterocycles. The lowest BCUT2D eigenvalue weighted by molar-refractivity contribution is 0.275. The van der Waals surface area contributed by atoms with Gasteiger partial charge in [-0.2, -0.15) is 0 Å². The van der Waals surface area contributed by atoms with Gasteiger partial charge in [0.05, 0.1) is 6.04 Å². The normalized spacial score (nSPS) is 24.9. The van der Waals surface area contributed by atoms with Gasteiger partial charge in [0.15, 0.2) is 11.5 Å². The Balaban J connectivity index is 1.60. The standard InChI is InChI=1S/C16H24N4/c1-12-6-8-14(9-7-12)11-17-13(2)16-19-18-15-5-3-4-10-20(15)16/h3-5,10,12-14,17H,6-9,11H2,1-2H3. The third-order valence-electron chi connectivity index (χ3n) is 4.58. The predicted octanol–water partition coefficient (Wildman–Crippen LogP) is 3.21. The van der Waals surface area contributed by atoms with Crippen molar-refractivity contribution in [3.63, 3.8) is 0 Å². The number of nitrogens with one attached hydrogen (secondary N) is 1. The molecule has 3 rings (SSSR count). The Morgan fingerprint density at radius 3 is 2.85 bits per heavy atom. The zero-order valence-electron chi connectivity index (χ0n) is 12.4. The number of rotatable bonds is 4. The van der Waals surface area contributed by atoms with Crippen molar-refractivity contribution < 1.29 is 0 Å². The molecule has 1 fully saturated rings. The van der Waals surface area contributed by atoms with Gasteiger partial charge in [0.1, 0.15) is 0 Å². The maximum absolute atomic E-state index is 4.32. The van der Waals surface area contributed by atoms with E-state index in [1.165, 1.54) is 25.7 Å². The van der Waals surface area contributed by atoms with Gasteiger partial charge in [-0.25, -0.2) is 0 Å². The number of fused-ring (bicyclic) bond motifs is 1. The van der Waals surface area contributed by atoms with Crippen LogP contribution in [0.3, 0.4) is 0 Å². The van der Waals surface area contributed by atoms with E-state index in [2.05, 4.69) is 33.8 Å². The molecule has 1 atom stereocenters. The molecular weight excluding hydrogens is 248 g/mol. The van der Waals surface area contributed by atoms with E-state index >= 15 is 0 Å². The molecular formula is C16H24N4. The molecule has 4 nitrogen and oxygen atoms in total. The van der Waals surface area contributed by atoms with Gasteiger partial charge < -0.3 is 5.32 Å². The highest BCUT2D eigenvalue weighted by Crippen LogP contribution is 2.28. The Bertz CT molecular complexity index is 554. The second-order valence-electron chi connectivity index (χ2n) is 6.24. The molecule has 2 aromatic rings. The highest BCUT2D eigenvalue weighted by atomic mass is 15.3. The summed E-state index contributed by atoms with van der Waals surface area (Å²) in [6, 6.07) is 6.25. The second kappa shape index (κ2) is 5.92. The minimum absolute atomic E-state index is 0.242. The Hall–Kier alpha value is -1.42. The van der Waals surface area contributed by atoms with E-state index in [1.54, 1.807) is 0 Å². The van der Waals surface area contributed by atoms with Crippen molar-refractivity contribution in [2.24, 2.45) is 11.8 Å². The molecule has 0 radical (unpaired) electrons. The maximum Gasteiger partial charge on any atom is 0.160 e. The maximum atomic E-state index is 4.32. The topological polar surface area (TPSA) is 42.2 Å². The molecule has 0 bridgehead atoms. The Kier molecular flexibility index (Phi) is 4.01. The lowest BCUT2D eigenvalue weighted by atomic mass is 9.83. The molecule has 0 amide bonds. The van der Waals surface area contributed by atoms with Gasteiger partial charge in [0, 0.05) is 6.20 Å². The molecule has 1 aliphatic carbocycles. The summed E-state index contributed by atoms with van der Waals surface area (Å²) >= 11 is 0. The van der Waals surface area contributed by atoms with Crippen molar-refractivity contribution in [2.75, 3.05) is 6.54 Å². The molecule has 0 aliphatic heterocycles. The summed E-state index contributed by atoms with van der Waals surface area (Å²) in [7, 11) is 0. The van der Waals surface area contributed by atoms with Crippen molar-refractivity contribution in [2.45, 2.75) is 45.6 Å². The lowest BCUT2D eigenvalue weighted by Gasteiger charge is -2.27.